The number of carboxylic acid groups (broad SMARTS) is 1. The van der Waals surface area contributed by atoms with Crippen molar-refractivity contribution in [1.29, 1.82) is 0 Å². The Morgan fingerprint density at radius 3 is 2.70 bits per heavy atom. The van der Waals surface area contributed by atoms with Gasteiger partial charge in [-0.3, -0.25) is 4.79 Å². The molecule has 0 unspecified atom stereocenters. The molecule has 0 saturated carbocycles. The minimum atomic E-state index is -4.12. The Bertz CT molecular complexity index is 663. The lowest BCUT2D eigenvalue weighted by Gasteiger charge is -2.21. The Morgan fingerprint density at radius 2 is 2.10 bits per heavy atom. The first-order valence-corrected chi connectivity index (χ1v) is 8.29. The highest BCUT2D eigenvalue weighted by molar-refractivity contribution is 9.10. The molecule has 0 aromatic heterocycles. The number of hydrogen-bond acceptors (Lipinski definition) is 4. The van der Waals surface area contributed by atoms with E-state index in [1.54, 1.807) is 0 Å². The second-order valence-corrected chi connectivity index (χ2v) is 7.53. The van der Waals surface area contributed by atoms with Crippen LogP contribution in [0.3, 0.4) is 0 Å². The molecular weight excluding hydrogens is 374 g/mol. The Labute approximate surface area is 129 Å². The van der Waals surface area contributed by atoms with Crippen molar-refractivity contribution < 1.29 is 23.4 Å². The number of carboxylic acids is 1. The number of benzene rings is 1. The van der Waals surface area contributed by atoms with Crippen LogP contribution in [0.4, 0.5) is 0 Å². The van der Waals surface area contributed by atoms with Crippen LogP contribution in [0.1, 0.15) is 12.8 Å². The average Bonchev–Trinajstić information content (AvgIpc) is 2.83. The summed E-state index contributed by atoms with van der Waals surface area (Å²) < 4.78 is 26.3. The number of phenols is 1. The van der Waals surface area contributed by atoms with Crippen molar-refractivity contribution in [3.63, 3.8) is 0 Å². The summed E-state index contributed by atoms with van der Waals surface area (Å²) in [5.74, 6) is -1.78. The fraction of sp³-hybridized carbons (Fsp3) is 0.364. The van der Waals surface area contributed by atoms with Gasteiger partial charge in [-0.2, -0.15) is 4.31 Å². The molecule has 1 heterocycles. The van der Waals surface area contributed by atoms with Gasteiger partial charge in [-0.15, -0.1) is 0 Å². The molecule has 1 aromatic rings. The first-order valence-electron chi connectivity index (χ1n) is 5.68. The average molecular weight is 385 g/mol. The molecule has 2 rings (SSSR count). The Balaban J connectivity index is 2.53. The minimum Gasteiger partial charge on any atom is -0.505 e. The number of rotatable bonds is 3. The lowest BCUT2D eigenvalue weighted by molar-refractivity contribution is -0.140. The largest absolute Gasteiger partial charge is 0.505 e. The van der Waals surface area contributed by atoms with Crippen LogP contribution in [0.2, 0.25) is 5.02 Å². The molecular formula is C11H11BrClNO5S. The van der Waals surface area contributed by atoms with Crippen LogP contribution in [0.5, 0.6) is 5.75 Å². The van der Waals surface area contributed by atoms with Gasteiger partial charge < -0.3 is 10.2 Å². The summed E-state index contributed by atoms with van der Waals surface area (Å²) in [4.78, 5) is 10.7. The highest BCUT2D eigenvalue weighted by Crippen LogP contribution is 2.37. The molecule has 0 spiro atoms. The number of phenolic OH excluding ortho intramolecular Hbond substituents is 1. The van der Waals surface area contributed by atoms with Crippen LogP contribution >= 0.6 is 27.5 Å². The van der Waals surface area contributed by atoms with Crippen LogP contribution in [-0.2, 0) is 14.8 Å². The van der Waals surface area contributed by atoms with Crippen LogP contribution in [0.25, 0.3) is 0 Å². The normalized spacial score (nSPS) is 20.2. The van der Waals surface area contributed by atoms with Gasteiger partial charge in [0.1, 0.15) is 10.9 Å². The summed E-state index contributed by atoms with van der Waals surface area (Å²) in [6, 6.07) is 1.44. The van der Waals surface area contributed by atoms with Crippen molar-refractivity contribution in [2.45, 2.75) is 23.8 Å². The van der Waals surface area contributed by atoms with Gasteiger partial charge in [-0.05, 0) is 25.0 Å². The molecule has 1 aromatic carbocycles. The van der Waals surface area contributed by atoms with E-state index in [1.165, 1.54) is 12.1 Å². The second-order valence-electron chi connectivity index (χ2n) is 4.35. The van der Waals surface area contributed by atoms with Crippen molar-refractivity contribution in [2.75, 3.05) is 6.54 Å². The fourth-order valence-electron chi connectivity index (χ4n) is 2.14. The van der Waals surface area contributed by atoms with E-state index in [-0.39, 0.29) is 18.0 Å². The minimum absolute atomic E-state index is 0.100. The highest BCUT2D eigenvalue weighted by Gasteiger charge is 2.40. The molecule has 2 N–H and O–H groups in total. The van der Waals surface area contributed by atoms with Crippen molar-refractivity contribution >= 4 is 43.5 Å². The molecule has 1 saturated heterocycles. The third-order valence-electron chi connectivity index (χ3n) is 3.07. The van der Waals surface area contributed by atoms with Crippen molar-refractivity contribution in [3.05, 3.63) is 21.6 Å². The first-order chi connectivity index (χ1) is 9.25. The van der Waals surface area contributed by atoms with Gasteiger partial charge in [-0.25, -0.2) is 8.42 Å². The van der Waals surface area contributed by atoms with Crippen LogP contribution in [0.15, 0.2) is 21.5 Å². The molecule has 6 nitrogen and oxygen atoms in total. The third kappa shape index (κ3) is 2.65. The van der Waals surface area contributed by atoms with Gasteiger partial charge in [0.2, 0.25) is 10.0 Å². The Morgan fingerprint density at radius 1 is 1.45 bits per heavy atom. The maximum atomic E-state index is 12.5. The lowest BCUT2D eigenvalue weighted by atomic mass is 10.2. The first kappa shape index (κ1) is 15.6. The molecule has 1 aliphatic heterocycles. The van der Waals surface area contributed by atoms with Gasteiger partial charge in [0, 0.05) is 11.0 Å². The quantitative estimate of drug-likeness (QED) is 0.831. The zero-order chi connectivity index (χ0) is 15.1. The number of sulfonamides is 1. The van der Waals surface area contributed by atoms with E-state index >= 15 is 0 Å². The van der Waals surface area contributed by atoms with Gasteiger partial charge in [0.15, 0.2) is 5.75 Å². The van der Waals surface area contributed by atoms with Crippen LogP contribution < -0.4 is 0 Å². The zero-order valence-corrected chi connectivity index (χ0v) is 13.2. The summed E-state index contributed by atoms with van der Waals surface area (Å²) in [7, 11) is -4.12. The number of carbonyl (C=O) groups is 1. The molecule has 20 heavy (non-hydrogen) atoms. The highest BCUT2D eigenvalue weighted by atomic mass is 79.9. The number of halogens is 2. The van der Waals surface area contributed by atoms with E-state index in [9.17, 15) is 18.3 Å². The van der Waals surface area contributed by atoms with E-state index in [0.717, 1.165) is 4.31 Å². The number of nitrogens with zero attached hydrogens (tertiary/aromatic N) is 1. The second kappa shape index (κ2) is 5.51. The third-order valence-corrected chi connectivity index (χ3v) is 5.74. The van der Waals surface area contributed by atoms with E-state index < -0.39 is 32.7 Å². The molecule has 0 amide bonds. The molecule has 110 valence electrons. The van der Waals surface area contributed by atoms with E-state index in [2.05, 4.69) is 15.9 Å². The summed E-state index contributed by atoms with van der Waals surface area (Å²) in [6.07, 6.45) is 0.704. The molecule has 0 bridgehead atoms. The van der Waals surface area contributed by atoms with Crippen molar-refractivity contribution in [1.82, 2.24) is 4.31 Å². The molecule has 0 aliphatic carbocycles. The molecule has 1 fully saturated rings. The topological polar surface area (TPSA) is 94.9 Å². The maximum Gasteiger partial charge on any atom is 0.322 e. The van der Waals surface area contributed by atoms with Crippen LogP contribution in [-0.4, -0.2) is 41.5 Å². The van der Waals surface area contributed by atoms with Crippen molar-refractivity contribution in [3.8, 4) is 5.75 Å². The summed E-state index contributed by atoms with van der Waals surface area (Å²) in [5.41, 5.74) is 0. The predicted molar refractivity (Wildman–Crippen MR) is 75.4 cm³/mol. The SMILES string of the molecule is O=C(O)[C@H]1CCCN1S(=O)(=O)c1cc(Br)cc(Cl)c1O. The van der Waals surface area contributed by atoms with E-state index in [1.807, 2.05) is 0 Å². The molecule has 0 radical (unpaired) electrons. The molecule has 1 atom stereocenters. The standard InChI is InChI=1S/C11H11BrClNO5S/c12-6-4-7(13)10(15)9(5-6)20(18,19)14-3-1-2-8(14)11(16)17/h4-5,8,15H,1-3H2,(H,16,17)/t8-/m1/s1. The van der Waals surface area contributed by atoms with Gasteiger partial charge >= 0.3 is 5.97 Å². The Hall–Kier alpha value is -0.830. The van der Waals surface area contributed by atoms with Gasteiger partial charge in [-0.1, -0.05) is 27.5 Å². The lowest BCUT2D eigenvalue weighted by Crippen LogP contribution is -2.40. The van der Waals surface area contributed by atoms with Gasteiger partial charge in [0.05, 0.1) is 5.02 Å². The zero-order valence-electron chi connectivity index (χ0n) is 10.1. The van der Waals surface area contributed by atoms with E-state index in [4.69, 9.17) is 16.7 Å². The molecule has 9 heteroatoms. The maximum absolute atomic E-state index is 12.5. The summed E-state index contributed by atoms with van der Waals surface area (Å²) in [6.45, 7) is 0.100. The fourth-order valence-corrected chi connectivity index (χ4v) is 4.94. The smallest absolute Gasteiger partial charge is 0.322 e. The number of hydrogen-bond donors (Lipinski definition) is 2. The predicted octanol–water partition coefficient (Wildman–Crippen LogP) is 2.05. The Kier molecular flexibility index (Phi) is 4.29. The summed E-state index contributed by atoms with van der Waals surface area (Å²) >= 11 is 8.85. The monoisotopic (exact) mass is 383 g/mol. The summed E-state index contributed by atoms with van der Waals surface area (Å²) in [5, 5.41) is 18.8. The number of aromatic hydroxyl groups is 1. The van der Waals surface area contributed by atoms with Crippen LogP contribution in [0, 0.1) is 0 Å². The van der Waals surface area contributed by atoms with Crippen molar-refractivity contribution in [2.24, 2.45) is 0 Å². The van der Waals surface area contributed by atoms with Gasteiger partial charge in [0.25, 0.3) is 0 Å². The number of aliphatic carboxylic acids is 1. The van der Waals surface area contributed by atoms with E-state index in [0.29, 0.717) is 10.9 Å². The molecule has 1 aliphatic rings.